The summed E-state index contributed by atoms with van der Waals surface area (Å²) >= 11 is 0. The first-order valence-electron chi connectivity index (χ1n) is 5.54. The first-order valence-corrected chi connectivity index (χ1v) is 5.54. The van der Waals surface area contributed by atoms with Crippen molar-refractivity contribution in [3.05, 3.63) is 29.3 Å². The molecule has 1 atom stereocenters. The van der Waals surface area contributed by atoms with Crippen LogP contribution in [0.3, 0.4) is 0 Å². The van der Waals surface area contributed by atoms with E-state index in [0.29, 0.717) is 12.5 Å². The monoisotopic (exact) mass is 205 g/mol. The van der Waals surface area contributed by atoms with E-state index in [9.17, 15) is 0 Å². The third-order valence-corrected chi connectivity index (χ3v) is 3.01. The van der Waals surface area contributed by atoms with Gasteiger partial charge in [0.2, 0.25) is 0 Å². The van der Waals surface area contributed by atoms with Crippen molar-refractivity contribution in [2.24, 2.45) is 5.73 Å². The molecule has 2 N–H and O–H groups in total. The van der Waals surface area contributed by atoms with Gasteiger partial charge in [0.25, 0.3) is 0 Å². The van der Waals surface area contributed by atoms with Crippen molar-refractivity contribution in [1.82, 2.24) is 0 Å². The molecule has 15 heavy (non-hydrogen) atoms. The summed E-state index contributed by atoms with van der Waals surface area (Å²) in [7, 11) is 0. The number of hydrogen-bond acceptors (Lipinski definition) is 2. The van der Waals surface area contributed by atoms with Crippen LogP contribution in [0.25, 0.3) is 0 Å². The number of fused-ring (bicyclic) bond motifs is 1. The zero-order valence-electron chi connectivity index (χ0n) is 9.71. The van der Waals surface area contributed by atoms with E-state index >= 15 is 0 Å². The average molecular weight is 205 g/mol. The predicted molar refractivity (Wildman–Crippen MR) is 62.3 cm³/mol. The molecule has 0 fully saturated rings. The molecule has 0 saturated heterocycles. The molecule has 2 nitrogen and oxygen atoms in total. The summed E-state index contributed by atoms with van der Waals surface area (Å²) in [6.07, 6.45) is 0.994. The molecule has 0 aliphatic carbocycles. The van der Waals surface area contributed by atoms with Gasteiger partial charge < -0.3 is 10.5 Å². The molecule has 0 aromatic heterocycles. The maximum atomic E-state index is 5.83. The van der Waals surface area contributed by atoms with Gasteiger partial charge >= 0.3 is 0 Å². The van der Waals surface area contributed by atoms with Gasteiger partial charge in [0.15, 0.2) is 0 Å². The largest absolute Gasteiger partial charge is 0.487 e. The third-order valence-electron chi connectivity index (χ3n) is 3.01. The fourth-order valence-corrected chi connectivity index (χ4v) is 2.07. The lowest BCUT2D eigenvalue weighted by Crippen LogP contribution is -2.24. The molecular weight excluding hydrogens is 186 g/mol. The van der Waals surface area contributed by atoms with E-state index in [2.05, 4.69) is 39.0 Å². The minimum Gasteiger partial charge on any atom is -0.487 e. The normalized spacial score (nSPS) is 19.5. The molecule has 82 valence electrons. The van der Waals surface area contributed by atoms with E-state index in [1.54, 1.807) is 0 Å². The zero-order valence-corrected chi connectivity index (χ0v) is 9.71. The Bertz CT molecular complexity index is 371. The molecule has 0 spiro atoms. The van der Waals surface area contributed by atoms with E-state index < -0.39 is 0 Å². The summed E-state index contributed by atoms with van der Waals surface area (Å²) in [6.45, 7) is 7.10. The minimum absolute atomic E-state index is 0.0487. The van der Waals surface area contributed by atoms with E-state index in [4.69, 9.17) is 10.5 Å². The summed E-state index contributed by atoms with van der Waals surface area (Å²) in [5.74, 6) is 1.46. The molecule has 1 aliphatic heterocycles. The second kappa shape index (κ2) is 3.53. The SMILES string of the molecule is CC(CN)c1ccc2c(c1)CC(C)(C)O2. The first-order chi connectivity index (χ1) is 7.02. The summed E-state index contributed by atoms with van der Waals surface area (Å²) < 4.78 is 5.83. The van der Waals surface area contributed by atoms with Crippen LogP contribution in [0.4, 0.5) is 0 Å². The number of nitrogens with two attached hydrogens (primary N) is 1. The van der Waals surface area contributed by atoms with Crippen molar-refractivity contribution in [2.45, 2.75) is 38.7 Å². The predicted octanol–water partition coefficient (Wildman–Crippen LogP) is 2.46. The Morgan fingerprint density at radius 2 is 2.20 bits per heavy atom. The van der Waals surface area contributed by atoms with Crippen LogP contribution in [0, 0.1) is 0 Å². The van der Waals surface area contributed by atoms with E-state index in [0.717, 1.165) is 12.2 Å². The molecule has 0 amide bonds. The Balaban J connectivity index is 2.30. The fraction of sp³-hybridized carbons (Fsp3) is 0.538. The number of rotatable bonds is 2. The Kier molecular flexibility index (Phi) is 2.47. The molecular formula is C13H19NO. The van der Waals surface area contributed by atoms with Gasteiger partial charge in [0.05, 0.1) is 0 Å². The van der Waals surface area contributed by atoms with Crippen molar-refractivity contribution in [3.8, 4) is 5.75 Å². The molecule has 2 heteroatoms. The molecule has 1 heterocycles. The molecule has 1 aliphatic rings. The summed E-state index contributed by atoms with van der Waals surface area (Å²) in [6, 6.07) is 6.44. The van der Waals surface area contributed by atoms with Gasteiger partial charge in [-0.1, -0.05) is 19.1 Å². The molecule has 1 aromatic carbocycles. The zero-order chi connectivity index (χ0) is 11.1. The number of benzene rings is 1. The summed E-state index contributed by atoms with van der Waals surface area (Å²) in [4.78, 5) is 0. The molecule has 0 radical (unpaired) electrons. The Morgan fingerprint density at radius 1 is 1.47 bits per heavy atom. The maximum absolute atomic E-state index is 5.83. The van der Waals surface area contributed by atoms with Crippen LogP contribution in [0.15, 0.2) is 18.2 Å². The molecule has 2 rings (SSSR count). The number of hydrogen-bond donors (Lipinski definition) is 1. The van der Waals surface area contributed by atoms with Crippen LogP contribution >= 0.6 is 0 Å². The van der Waals surface area contributed by atoms with Gasteiger partial charge in [0.1, 0.15) is 11.4 Å². The average Bonchev–Trinajstić information content (AvgIpc) is 2.49. The molecule has 0 bridgehead atoms. The van der Waals surface area contributed by atoms with Crippen molar-refractivity contribution in [2.75, 3.05) is 6.54 Å². The van der Waals surface area contributed by atoms with Crippen LogP contribution in [0.5, 0.6) is 5.75 Å². The van der Waals surface area contributed by atoms with Crippen molar-refractivity contribution in [1.29, 1.82) is 0 Å². The highest BCUT2D eigenvalue weighted by Crippen LogP contribution is 2.36. The minimum atomic E-state index is -0.0487. The van der Waals surface area contributed by atoms with Crippen LogP contribution in [0.2, 0.25) is 0 Å². The second-order valence-electron chi connectivity index (χ2n) is 5.04. The quantitative estimate of drug-likeness (QED) is 0.805. The van der Waals surface area contributed by atoms with Crippen LogP contribution in [-0.4, -0.2) is 12.1 Å². The smallest absolute Gasteiger partial charge is 0.123 e. The van der Waals surface area contributed by atoms with Gasteiger partial charge in [-0.25, -0.2) is 0 Å². The van der Waals surface area contributed by atoms with Gasteiger partial charge in [0, 0.05) is 6.42 Å². The Hall–Kier alpha value is -1.02. The van der Waals surface area contributed by atoms with Crippen molar-refractivity contribution >= 4 is 0 Å². The highest BCUT2D eigenvalue weighted by molar-refractivity contribution is 5.42. The van der Waals surface area contributed by atoms with E-state index in [-0.39, 0.29) is 5.60 Å². The lowest BCUT2D eigenvalue weighted by Gasteiger charge is -2.16. The molecule has 0 saturated carbocycles. The lowest BCUT2D eigenvalue weighted by atomic mass is 9.95. The van der Waals surface area contributed by atoms with Gasteiger partial charge in [-0.2, -0.15) is 0 Å². The van der Waals surface area contributed by atoms with Gasteiger partial charge in [-0.15, -0.1) is 0 Å². The standard InChI is InChI=1S/C13H19NO/c1-9(8-14)10-4-5-12-11(6-10)7-13(2,3)15-12/h4-6,9H,7-8,14H2,1-3H3. The van der Waals surface area contributed by atoms with Crippen LogP contribution in [0.1, 0.15) is 37.8 Å². The van der Waals surface area contributed by atoms with Crippen molar-refractivity contribution in [3.63, 3.8) is 0 Å². The first kappa shape index (κ1) is 10.5. The van der Waals surface area contributed by atoms with E-state index in [1.807, 2.05) is 0 Å². The highest BCUT2D eigenvalue weighted by atomic mass is 16.5. The van der Waals surface area contributed by atoms with E-state index in [1.165, 1.54) is 11.1 Å². The van der Waals surface area contributed by atoms with Gasteiger partial charge in [-0.3, -0.25) is 0 Å². The Morgan fingerprint density at radius 3 is 2.87 bits per heavy atom. The lowest BCUT2D eigenvalue weighted by molar-refractivity contribution is 0.138. The van der Waals surface area contributed by atoms with Crippen molar-refractivity contribution < 1.29 is 4.74 Å². The van der Waals surface area contributed by atoms with Crippen LogP contribution < -0.4 is 10.5 Å². The fourth-order valence-electron chi connectivity index (χ4n) is 2.07. The molecule has 1 unspecified atom stereocenters. The van der Waals surface area contributed by atoms with Crippen LogP contribution in [-0.2, 0) is 6.42 Å². The Labute approximate surface area is 91.4 Å². The second-order valence-corrected chi connectivity index (χ2v) is 5.04. The molecule has 1 aromatic rings. The third kappa shape index (κ3) is 2.00. The number of ether oxygens (including phenoxy) is 1. The maximum Gasteiger partial charge on any atom is 0.123 e. The summed E-state index contributed by atoms with van der Waals surface area (Å²) in [5, 5.41) is 0. The summed E-state index contributed by atoms with van der Waals surface area (Å²) in [5.41, 5.74) is 8.26. The topological polar surface area (TPSA) is 35.2 Å². The highest BCUT2D eigenvalue weighted by Gasteiger charge is 2.30. The van der Waals surface area contributed by atoms with Gasteiger partial charge in [-0.05, 0) is 43.5 Å².